The van der Waals surface area contributed by atoms with Gasteiger partial charge in [-0.3, -0.25) is 9.59 Å². The predicted molar refractivity (Wildman–Crippen MR) is 126 cm³/mol. The van der Waals surface area contributed by atoms with Crippen LogP contribution in [0.3, 0.4) is 0 Å². The summed E-state index contributed by atoms with van der Waals surface area (Å²) in [5, 5.41) is 13.0. The van der Waals surface area contributed by atoms with Crippen molar-refractivity contribution in [2.24, 2.45) is 4.99 Å². The summed E-state index contributed by atoms with van der Waals surface area (Å²) < 4.78 is 14.0. The molecule has 2 atom stereocenters. The second-order valence-corrected chi connectivity index (χ2v) is 8.95. The molecular weight excluding hydrogens is 441 g/mol. The number of hydrogen-bond acceptors (Lipinski definition) is 5. The normalized spacial score (nSPS) is 16.8. The third kappa shape index (κ3) is 5.23. The molecule has 2 aromatic rings. The Morgan fingerprint density at radius 3 is 2.47 bits per heavy atom. The molecule has 0 fully saturated rings. The molecule has 0 aromatic heterocycles. The van der Waals surface area contributed by atoms with E-state index in [-0.39, 0.29) is 0 Å². The molecule has 10 heteroatoms. The van der Waals surface area contributed by atoms with Crippen LogP contribution in [-0.4, -0.2) is 58.5 Å². The number of hydrazine groups is 1. The molecule has 1 heterocycles. The SMILES string of the molecule is C[C@H](NN(C(=O)O)C(C)(C)C)C(=O)NC1N=C(c2cccc(F)c2)c2ccccc2N(C)C1=O. The lowest BCUT2D eigenvalue weighted by Crippen LogP contribution is -2.60. The van der Waals surface area contributed by atoms with Crippen molar-refractivity contribution in [2.45, 2.75) is 45.4 Å². The lowest BCUT2D eigenvalue weighted by atomic mass is 10.0. The van der Waals surface area contributed by atoms with E-state index in [0.29, 0.717) is 22.5 Å². The summed E-state index contributed by atoms with van der Waals surface area (Å²) in [4.78, 5) is 43.6. The summed E-state index contributed by atoms with van der Waals surface area (Å²) in [6, 6.07) is 11.9. The molecule has 0 saturated carbocycles. The molecule has 34 heavy (non-hydrogen) atoms. The van der Waals surface area contributed by atoms with Gasteiger partial charge in [0.1, 0.15) is 11.9 Å². The van der Waals surface area contributed by atoms with Gasteiger partial charge in [-0.2, -0.15) is 0 Å². The minimum absolute atomic E-state index is 0.348. The zero-order valence-electron chi connectivity index (χ0n) is 19.7. The number of likely N-dealkylation sites (N-methyl/N-ethyl adjacent to an activating group) is 1. The van der Waals surface area contributed by atoms with E-state index < -0.39 is 41.5 Å². The zero-order chi connectivity index (χ0) is 25.2. The zero-order valence-corrected chi connectivity index (χ0v) is 19.7. The molecule has 0 saturated heterocycles. The summed E-state index contributed by atoms with van der Waals surface area (Å²) >= 11 is 0. The van der Waals surface area contributed by atoms with Crippen molar-refractivity contribution in [3.05, 3.63) is 65.5 Å². The highest BCUT2D eigenvalue weighted by atomic mass is 19.1. The van der Waals surface area contributed by atoms with Crippen molar-refractivity contribution in [1.29, 1.82) is 0 Å². The van der Waals surface area contributed by atoms with E-state index >= 15 is 0 Å². The largest absolute Gasteiger partial charge is 0.464 e. The van der Waals surface area contributed by atoms with Crippen LogP contribution in [0.2, 0.25) is 0 Å². The maximum absolute atomic E-state index is 14.0. The summed E-state index contributed by atoms with van der Waals surface area (Å²) in [6.07, 6.45) is -2.56. The second kappa shape index (κ2) is 9.60. The minimum atomic E-state index is -1.31. The Kier molecular flexibility index (Phi) is 7.01. The van der Waals surface area contributed by atoms with Gasteiger partial charge in [-0.15, -0.1) is 0 Å². The first-order valence-corrected chi connectivity index (χ1v) is 10.7. The molecule has 0 spiro atoms. The average molecular weight is 470 g/mol. The van der Waals surface area contributed by atoms with Crippen LogP contribution >= 0.6 is 0 Å². The summed E-state index contributed by atoms with van der Waals surface area (Å²) in [7, 11) is 1.57. The number of rotatable bonds is 5. The van der Waals surface area contributed by atoms with Gasteiger partial charge in [0.2, 0.25) is 12.1 Å². The molecule has 3 amide bonds. The van der Waals surface area contributed by atoms with Crippen LogP contribution in [0.25, 0.3) is 0 Å². The van der Waals surface area contributed by atoms with Crippen molar-refractivity contribution < 1.29 is 23.9 Å². The van der Waals surface area contributed by atoms with E-state index in [2.05, 4.69) is 15.7 Å². The third-order valence-electron chi connectivity index (χ3n) is 5.30. The van der Waals surface area contributed by atoms with Gasteiger partial charge in [0.15, 0.2) is 0 Å². The van der Waals surface area contributed by atoms with Crippen LogP contribution in [0.4, 0.5) is 14.9 Å². The first-order chi connectivity index (χ1) is 15.9. The number of fused-ring (bicyclic) bond motifs is 1. The van der Waals surface area contributed by atoms with Gasteiger partial charge in [-0.1, -0.05) is 30.3 Å². The minimum Gasteiger partial charge on any atom is -0.464 e. The second-order valence-electron chi connectivity index (χ2n) is 8.95. The number of para-hydroxylation sites is 1. The monoisotopic (exact) mass is 469 g/mol. The number of aliphatic imine (C=N–C) groups is 1. The van der Waals surface area contributed by atoms with E-state index in [1.165, 1.54) is 24.0 Å². The topological polar surface area (TPSA) is 114 Å². The van der Waals surface area contributed by atoms with E-state index in [1.54, 1.807) is 64.2 Å². The summed E-state index contributed by atoms with van der Waals surface area (Å²) in [5.74, 6) is -1.59. The van der Waals surface area contributed by atoms with Gasteiger partial charge in [0, 0.05) is 18.2 Å². The number of carbonyl (C=O) groups is 3. The van der Waals surface area contributed by atoms with Gasteiger partial charge >= 0.3 is 6.09 Å². The Morgan fingerprint density at radius 2 is 1.85 bits per heavy atom. The summed E-state index contributed by atoms with van der Waals surface area (Å²) in [5.41, 5.74) is 3.80. The van der Waals surface area contributed by atoms with Crippen LogP contribution in [0.5, 0.6) is 0 Å². The Balaban J connectivity index is 1.96. The number of carboxylic acid groups (broad SMARTS) is 1. The van der Waals surface area contributed by atoms with E-state index in [0.717, 1.165) is 5.01 Å². The maximum atomic E-state index is 14.0. The lowest BCUT2D eigenvalue weighted by Gasteiger charge is -2.35. The molecule has 1 unspecified atom stereocenters. The quantitative estimate of drug-likeness (QED) is 0.583. The number of benzodiazepines with no additional fused rings is 1. The fourth-order valence-corrected chi connectivity index (χ4v) is 3.53. The van der Waals surface area contributed by atoms with Gasteiger partial charge in [0.05, 0.1) is 16.9 Å². The Morgan fingerprint density at radius 1 is 1.18 bits per heavy atom. The molecule has 0 radical (unpaired) electrons. The van der Waals surface area contributed by atoms with Crippen LogP contribution < -0.4 is 15.6 Å². The maximum Gasteiger partial charge on any atom is 0.422 e. The summed E-state index contributed by atoms with van der Waals surface area (Å²) in [6.45, 7) is 6.51. The number of benzene rings is 2. The molecule has 1 aliphatic rings. The molecule has 9 nitrogen and oxygen atoms in total. The van der Waals surface area contributed by atoms with Crippen LogP contribution in [0, 0.1) is 5.82 Å². The molecule has 2 aromatic carbocycles. The highest BCUT2D eigenvalue weighted by Gasteiger charge is 2.34. The number of carbonyl (C=O) groups excluding carboxylic acids is 2. The average Bonchev–Trinajstić information content (AvgIpc) is 2.87. The van der Waals surface area contributed by atoms with Crippen molar-refractivity contribution in [3.63, 3.8) is 0 Å². The number of amides is 3. The molecule has 3 rings (SSSR count). The molecular formula is C24H28FN5O4. The molecule has 0 bridgehead atoms. The van der Waals surface area contributed by atoms with Crippen LogP contribution in [0.1, 0.15) is 38.8 Å². The molecule has 180 valence electrons. The first kappa shape index (κ1) is 24.8. The standard InChI is InChI=1S/C24H28FN5O4/c1-14(28-30(23(33)34)24(2,3)4)21(31)27-20-22(32)29(5)18-12-7-6-11-17(18)19(26-20)15-9-8-10-16(25)13-15/h6-14,20,28H,1-5H3,(H,27,31)(H,33,34)/t14-,20?/m0/s1. The highest BCUT2D eigenvalue weighted by Crippen LogP contribution is 2.27. The molecule has 1 aliphatic heterocycles. The van der Waals surface area contributed by atoms with Gasteiger partial charge in [0.25, 0.3) is 5.91 Å². The van der Waals surface area contributed by atoms with E-state index in [9.17, 15) is 23.9 Å². The van der Waals surface area contributed by atoms with Crippen molar-refractivity contribution in [1.82, 2.24) is 15.8 Å². The Hall–Kier alpha value is -3.79. The lowest BCUT2D eigenvalue weighted by molar-refractivity contribution is -0.129. The predicted octanol–water partition coefficient (Wildman–Crippen LogP) is 2.75. The third-order valence-corrected chi connectivity index (χ3v) is 5.30. The number of anilines is 1. The van der Waals surface area contributed by atoms with Crippen molar-refractivity contribution >= 4 is 29.3 Å². The molecule has 3 N–H and O–H groups in total. The number of halogens is 1. The first-order valence-electron chi connectivity index (χ1n) is 10.7. The number of nitrogens with zero attached hydrogens (tertiary/aromatic N) is 3. The van der Waals surface area contributed by atoms with Crippen molar-refractivity contribution in [3.8, 4) is 0 Å². The smallest absolute Gasteiger partial charge is 0.422 e. The molecule has 0 aliphatic carbocycles. The Labute approximate surface area is 197 Å². The van der Waals surface area contributed by atoms with Crippen LogP contribution in [0.15, 0.2) is 53.5 Å². The van der Waals surface area contributed by atoms with Crippen LogP contribution in [-0.2, 0) is 9.59 Å². The highest BCUT2D eigenvalue weighted by molar-refractivity contribution is 6.20. The van der Waals surface area contributed by atoms with E-state index in [1.807, 2.05) is 0 Å². The van der Waals surface area contributed by atoms with Gasteiger partial charge in [-0.25, -0.2) is 24.6 Å². The fraction of sp³-hybridized carbons (Fsp3) is 0.333. The number of nitrogens with one attached hydrogen (secondary N) is 2. The van der Waals surface area contributed by atoms with Crippen molar-refractivity contribution in [2.75, 3.05) is 11.9 Å². The number of hydrogen-bond donors (Lipinski definition) is 3. The van der Waals surface area contributed by atoms with Gasteiger partial charge in [-0.05, 0) is 45.9 Å². The van der Waals surface area contributed by atoms with E-state index in [4.69, 9.17) is 0 Å². The van der Waals surface area contributed by atoms with Gasteiger partial charge < -0.3 is 15.3 Å². The fourth-order valence-electron chi connectivity index (χ4n) is 3.53. The Bertz CT molecular complexity index is 1140.